The fourth-order valence-electron chi connectivity index (χ4n) is 2.18. The van der Waals surface area contributed by atoms with Gasteiger partial charge in [0.2, 0.25) is 0 Å². The Morgan fingerprint density at radius 2 is 1.68 bits per heavy atom. The maximum Gasteiger partial charge on any atom is 0.340 e. The predicted molar refractivity (Wildman–Crippen MR) is 86.6 cm³/mol. The Balaban J connectivity index is 2.42. The molecule has 4 heteroatoms. The summed E-state index contributed by atoms with van der Waals surface area (Å²) in [6, 6.07) is 14.1. The van der Waals surface area contributed by atoms with Crippen molar-refractivity contribution in [2.75, 3.05) is 25.6 Å². The molecule has 0 heterocycles. The van der Waals surface area contributed by atoms with Crippen molar-refractivity contribution in [3.05, 3.63) is 65.2 Å². The van der Waals surface area contributed by atoms with Gasteiger partial charge in [0.15, 0.2) is 5.78 Å². The number of hydrogen-bond acceptors (Lipinski definition) is 4. The Morgan fingerprint density at radius 3 is 2.27 bits per heavy atom. The lowest BCUT2D eigenvalue weighted by molar-refractivity contribution is 0.0527. The van der Waals surface area contributed by atoms with Crippen LogP contribution in [0, 0.1) is 0 Å². The molecule has 0 bridgehead atoms. The molecule has 22 heavy (non-hydrogen) atoms. The third-order valence-electron chi connectivity index (χ3n) is 3.27. The van der Waals surface area contributed by atoms with Crippen molar-refractivity contribution < 1.29 is 14.3 Å². The zero-order valence-electron chi connectivity index (χ0n) is 13.0. The standard InChI is InChI=1S/C18H19NO3/c1-4-22-18(21)15-11-10-14(12-16(15)19(2)3)17(20)13-8-6-5-7-9-13/h5-12H,4H2,1-3H3. The number of benzene rings is 2. The highest BCUT2D eigenvalue weighted by Gasteiger charge is 2.17. The third kappa shape index (κ3) is 3.34. The number of rotatable bonds is 5. The van der Waals surface area contributed by atoms with E-state index in [0.717, 1.165) is 0 Å². The number of ketones is 1. The van der Waals surface area contributed by atoms with Gasteiger partial charge in [-0.1, -0.05) is 36.4 Å². The first-order valence-electron chi connectivity index (χ1n) is 7.12. The number of ether oxygens (including phenoxy) is 1. The molecule has 0 aromatic heterocycles. The molecule has 114 valence electrons. The molecule has 0 atom stereocenters. The first-order valence-corrected chi connectivity index (χ1v) is 7.12. The van der Waals surface area contributed by atoms with Crippen LogP contribution in [0.1, 0.15) is 33.2 Å². The molecule has 0 fully saturated rings. The van der Waals surface area contributed by atoms with Gasteiger partial charge < -0.3 is 9.64 Å². The summed E-state index contributed by atoms with van der Waals surface area (Å²) < 4.78 is 5.05. The molecule has 0 N–H and O–H groups in total. The van der Waals surface area contributed by atoms with Crippen molar-refractivity contribution in [1.82, 2.24) is 0 Å². The molecule has 0 aliphatic heterocycles. The van der Waals surface area contributed by atoms with E-state index in [4.69, 9.17) is 4.74 Å². The monoisotopic (exact) mass is 297 g/mol. The first kappa shape index (κ1) is 15.8. The van der Waals surface area contributed by atoms with Crippen molar-refractivity contribution >= 4 is 17.4 Å². The molecule has 0 radical (unpaired) electrons. The van der Waals surface area contributed by atoms with Gasteiger partial charge in [0.25, 0.3) is 0 Å². The summed E-state index contributed by atoms with van der Waals surface area (Å²) in [6.07, 6.45) is 0. The number of hydrogen-bond donors (Lipinski definition) is 0. The minimum Gasteiger partial charge on any atom is -0.462 e. The molecule has 2 aromatic carbocycles. The molecule has 4 nitrogen and oxygen atoms in total. The van der Waals surface area contributed by atoms with Crippen LogP contribution >= 0.6 is 0 Å². The lowest BCUT2D eigenvalue weighted by Crippen LogP contribution is -2.16. The second kappa shape index (κ2) is 6.89. The normalized spacial score (nSPS) is 10.1. The quantitative estimate of drug-likeness (QED) is 0.628. The Morgan fingerprint density at radius 1 is 1.00 bits per heavy atom. The average Bonchev–Trinajstić information content (AvgIpc) is 2.54. The molecule has 0 saturated carbocycles. The summed E-state index contributed by atoms with van der Waals surface area (Å²) in [7, 11) is 3.66. The highest BCUT2D eigenvalue weighted by molar-refractivity contribution is 6.10. The van der Waals surface area contributed by atoms with E-state index in [2.05, 4.69) is 0 Å². The zero-order chi connectivity index (χ0) is 16.1. The van der Waals surface area contributed by atoms with Gasteiger partial charge in [0, 0.05) is 25.2 Å². The van der Waals surface area contributed by atoms with Crippen LogP contribution in [0.3, 0.4) is 0 Å². The maximum atomic E-state index is 12.5. The fourth-order valence-corrected chi connectivity index (χ4v) is 2.18. The van der Waals surface area contributed by atoms with Crippen LogP contribution in [0.2, 0.25) is 0 Å². The van der Waals surface area contributed by atoms with E-state index in [9.17, 15) is 9.59 Å². The third-order valence-corrected chi connectivity index (χ3v) is 3.27. The summed E-state index contributed by atoms with van der Waals surface area (Å²) >= 11 is 0. The molecule has 0 unspecified atom stereocenters. The van der Waals surface area contributed by atoms with E-state index in [1.54, 1.807) is 42.2 Å². The number of carbonyl (C=O) groups excluding carboxylic acids is 2. The number of esters is 1. The highest BCUT2D eigenvalue weighted by Crippen LogP contribution is 2.23. The lowest BCUT2D eigenvalue weighted by atomic mass is 10.0. The summed E-state index contributed by atoms with van der Waals surface area (Å²) in [4.78, 5) is 26.3. The summed E-state index contributed by atoms with van der Waals surface area (Å²) in [5.74, 6) is -0.455. The topological polar surface area (TPSA) is 46.6 Å². The van der Waals surface area contributed by atoms with Crippen LogP contribution in [0.25, 0.3) is 0 Å². The second-order valence-corrected chi connectivity index (χ2v) is 5.04. The van der Waals surface area contributed by atoms with Gasteiger partial charge in [0.05, 0.1) is 17.9 Å². The Labute approximate surface area is 130 Å². The number of nitrogens with zero attached hydrogens (tertiary/aromatic N) is 1. The molecule has 0 aliphatic rings. The molecule has 2 aromatic rings. The Hall–Kier alpha value is -2.62. The van der Waals surface area contributed by atoms with Crippen molar-refractivity contribution in [2.24, 2.45) is 0 Å². The molecular weight excluding hydrogens is 278 g/mol. The summed E-state index contributed by atoms with van der Waals surface area (Å²) in [6.45, 7) is 2.08. The van der Waals surface area contributed by atoms with E-state index >= 15 is 0 Å². The number of carbonyl (C=O) groups is 2. The summed E-state index contributed by atoms with van der Waals surface area (Å²) in [5, 5.41) is 0. The maximum absolute atomic E-state index is 12.5. The Bertz CT molecular complexity index is 678. The van der Waals surface area contributed by atoms with Crippen molar-refractivity contribution in [3.63, 3.8) is 0 Å². The largest absolute Gasteiger partial charge is 0.462 e. The van der Waals surface area contributed by atoms with Crippen molar-refractivity contribution in [2.45, 2.75) is 6.92 Å². The SMILES string of the molecule is CCOC(=O)c1ccc(C(=O)c2ccccc2)cc1N(C)C. The molecule has 0 aliphatic carbocycles. The van der Waals surface area contributed by atoms with Crippen molar-refractivity contribution in [3.8, 4) is 0 Å². The number of anilines is 1. The van der Waals surface area contributed by atoms with Gasteiger partial charge >= 0.3 is 5.97 Å². The summed E-state index contributed by atoms with van der Waals surface area (Å²) in [5.41, 5.74) is 2.29. The first-order chi connectivity index (χ1) is 10.5. The van der Waals surface area contributed by atoms with Crippen molar-refractivity contribution in [1.29, 1.82) is 0 Å². The van der Waals surface area contributed by atoms with E-state index in [1.165, 1.54) is 0 Å². The van der Waals surface area contributed by atoms with Crippen LogP contribution in [0.5, 0.6) is 0 Å². The molecule has 0 spiro atoms. The van der Waals surface area contributed by atoms with Gasteiger partial charge in [-0.15, -0.1) is 0 Å². The van der Waals surface area contributed by atoms with Crippen LogP contribution in [0.4, 0.5) is 5.69 Å². The van der Waals surface area contributed by atoms with E-state index in [0.29, 0.717) is 29.0 Å². The lowest BCUT2D eigenvalue weighted by Gasteiger charge is -2.17. The van der Waals surface area contributed by atoms with Gasteiger partial charge in [0.1, 0.15) is 0 Å². The van der Waals surface area contributed by atoms with Crippen LogP contribution in [-0.2, 0) is 4.74 Å². The molecule has 0 saturated heterocycles. The average molecular weight is 297 g/mol. The minimum atomic E-state index is -0.384. The van der Waals surface area contributed by atoms with Crippen LogP contribution in [0.15, 0.2) is 48.5 Å². The van der Waals surface area contributed by atoms with Gasteiger partial charge in [-0.25, -0.2) is 4.79 Å². The Kier molecular flexibility index (Phi) is 4.94. The molecular formula is C18H19NO3. The second-order valence-electron chi connectivity index (χ2n) is 5.04. The van der Waals surface area contributed by atoms with Gasteiger partial charge in [-0.3, -0.25) is 4.79 Å². The van der Waals surface area contributed by atoms with Gasteiger partial charge in [-0.05, 0) is 19.1 Å². The van der Waals surface area contributed by atoms with E-state index in [1.807, 2.05) is 32.3 Å². The molecule has 0 amide bonds. The van der Waals surface area contributed by atoms with Gasteiger partial charge in [-0.2, -0.15) is 0 Å². The molecule has 2 rings (SSSR count). The smallest absolute Gasteiger partial charge is 0.340 e. The predicted octanol–water partition coefficient (Wildman–Crippen LogP) is 3.16. The minimum absolute atomic E-state index is 0.0703. The highest BCUT2D eigenvalue weighted by atomic mass is 16.5. The fraction of sp³-hybridized carbons (Fsp3) is 0.222. The van der Waals surface area contributed by atoms with E-state index in [-0.39, 0.29) is 11.8 Å². The van der Waals surface area contributed by atoms with Crippen LogP contribution in [-0.4, -0.2) is 32.5 Å². The zero-order valence-corrected chi connectivity index (χ0v) is 13.0. The van der Waals surface area contributed by atoms with E-state index < -0.39 is 0 Å². The van der Waals surface area contributed by atoms with Crippen LogP contribution < -0.4 is 4.90 Å².